The molecule has 2 rings (SSSR count). The maximum atomic E-state index is 12.7. The van der Waals surface area contributed by atoms with Crippen LogP contribution >= 0.6 is 11.6 Å². The van der Waals surface area contributed by atoms with Gasteiger partial charge in [-0.1, -0.05) is 11.6 Å². The van der Waals surface area contributed by atoms with Crippen molar-refractivity contribution in [3.8, 4) is 5.75 Å². The molecule has 0 unspecified atom stereocenters. The fourth-order valence-electron chi connectivity index (χ4n) is 1.68. The maximum Gasteiger partial charge on any atom is 0.256 e. The monoisotopic (exact) mass is 308 g/mol. The first-order valence-electron chi connectivity index (χ1n) is 6.32. The topological polar surface area (TPSA) is 42.4 Å². The summed E-state index contributed by atoms with van der Waals surface area (Å²) in [5, 5.41) is 0.175. The van der Waals surface area contributed by atoms with Gasteiger partial charge < -0.3 is 9.64 Å². The van der Waals surface area contributed by atoms with Crippen LogP contribution in [0.3, 0.4) is 0 Å². The minimum atomic E-state index is -0.319. The average Bonchev–Trinajstić information content (AvgIpc) is 2.49. The van der Waals surface area contributed by atoms with E-state index in [4.69, 9.17) is 16.3 Å². The lowest BCUT2D eigenvalue weighted by Gasteiger charge is -2.17. The van der Waals surface area contributed by atoms with E-state index in [1.54, 1.807) is 19.2 Å². The van der Waals surface area contributed by atoms with Crippen molar-refractivity contribution in [3.05, 3.63) is 59.1 Å². The molecule has 21 heavy (non-hydrogen) atoms. The molecule has 0 spiro atoms. The van der Waals surface area contributed by atoms with Gasteiger partial charge in [0, 0.05) is 13.2 Å². The predicted molar refractivity (Wildman–Crippen MR) is 78.1 cm³/mol. The number of nitrogens with zero attached hydrogens (tertiary/aromatic N) is 2. The van der Waals surface area contributed by atoms with Gasteiger partial charge in [-0.05, 0) is 36.4 Å². The molecule has 0 aliphatic rings. The summed E-state index contributed by atoms with van der Waals surface area (Å²) in [7, 11) is 1.65. The lowest BCUT2D eigenvalue weighted by atomic mass is 10.2. The second-order valence-electron chi connectivity index (χ2n) is 4.37. The molecule has 4 nitrogen and oxygen atoms in total. The zero-order chi connectivity index (χ0) is 15.2. The normalized spacial score (nSPS) is 10.2. The molecule has 0 aliphatic carbocycles. The SMILES string of the molecule is CN(CCOc1ccc(F)cc1)C(=O)c1cccnc1Cl. The van der Waals surface area contributed by atoms with E-state index in [0.717, 1.165) is 0 Å². The molecule has 0 atom stereocenters. The van der Waals surface area contributed by atoms with Crippen molar-refractivity contribution in [1.82, 2.24) is 9.88 Å². The van der Waals surface area contributed by atoms with Crippen LogP contribution < -0.4 is 4.74 Å². The number of halogens is 2. The summed E-state index contributed by atoms with van der Waals surface area (Å²) in [6.45, 7) is 0.674. The first kappa shape index (κ1) is 15.3. The van der Waals surface area contributed by atoms with Gasteiger partial charge in [-0.2, -0.15) is 0 Å². The fourth-order valence-corrected chi connectivity index (χ4v) is 1.88. The van der Waals surface area contributed by atoms with Crippen LogP contribution in [0.2, 0.25) is 5.15 Å². The second kappa shape index (κ2) is 7.04. The van der Waals surface area contributed by atoms with Gasteiger partial charge in [0.1, 0.15) is 23.3 Å². The van der Waals surface area contributed by atoms with Gasteiger partial charge in [0.25, 0.3) is 5.91 Å². The Bertz CT molecular complexity index is 619. The van der Waals surface area contributed by atoms with E-state index in [-0.39, 0.29) is 16.9 Å². The first-order chi connectivity index (χ1) is 10.1. The number of ether oxygens (including phenoxy) is 1. The Morgan fingerprint density at radius 1 is 1.33 bits per heavy atom. The predicted octanol–water partition coefficient (Wildman–Crippen LogP) is 3.03. The minimum absolute atomic E-state index is 0.175. The van der Waals surface area contributed by atoms with Crippen LogP contribution in [-0.2, 0) is 0 Å². The lowest BCUT2D eigenvalue weighted by Crippen LogP contribution is -2.31. The van der Waals surface area contributed by atoms with Gasteiger partial charge in [-0.25, -0.2) is 9.37 Å². The maximum absolute atomic E-state index is 12.7. The number of benzene rings is 1. The molecule has 110 valence electrons. The standard InChI is InChI=1S/C15H14ClFN2O2/c1-19(15(20)13-3-2-8-18-14(13)16)9-10-21-12-6-4-11(17)5-7-12/h2-8H,9-10H2,1H3. The zero-order valence-corrected chi connectivity index (χ0v) is 12.2. The van der Waals surface area contributed by atoms with E-state index in [2.05, 4.69) is 4.98 Å². The number of carbonyl (C=O) groups excluding carboxylic acids is 1. The molecule has 0 saturated carbocycles. The highest BCUT2D eigenvalue weighted by Crippen LogP contribution is 2.14. The van der Waals surface area contributed by atoms with E-state index in [1.807, 2.05) is 0 Å². The van der Waals surface area contributed by atoms with Crippen LogP contribution in [0.15, 0.2) is 42.6 Å². The summed E-state index contributed by atoms with van der Waals surface area (Å²) in [4.78, 5) is 17.5. The summed E-state index contributed by atoms with van der Waals surface area (Å²) in [5.74, 6) is 0.00771. The number of likely N-dealkylation sites (N-methyl/N-ethyl adjacent to an activating group) is 1. The van der Waals surface area contributed by atoms with Gasteiger partial charge in [-0.3, -0.25) is 4.79 Å². The summed E-state index contributed by atoms with van der Waals surface area (Å²) in [6, 6.07) is 8.99. The van der Waals surface area contributed by atoms with Gasteiger partial charge in [0.15, 0.2) is 0 Å². The molecular formula is C15H14ClFN2O2. The van der Waals surface area contributed by atoms with Crippen molar-refractivity contribution in [2.24, 2.45) is 0 Å². The Morgan fingerprint density at radius 3 is 2.71 bits per heavy atom. The van der Waals surface area contributed by atoms with Gasteiger partial charge in [0.05, 0.1) is 12.1 Å². The van der Waals surface area contributed by atoms with Gasteiger partial charge in [-0.15, -0.1) is 0 Å². The van der Waals surface area contributed by atoms with Crippen molar-refractivity contribution in [3.63, 3.8) is 0 Å². The molecule has 1 aromatic carbocycles. The van der Waals surface area contributed by atoms with E-state index >= 15 is 0 Å². The smallest absolute Gasteiger partial charge is 0.256 e. The molecule has 1 aromatic heterocycles. The first-order valence-corrected chi connectivity index (χ1v) is 6.70. The molecule has 0 fully saturated rings. The number of pyridine rings is 1. The average molecular weight is 309 g/mol. The molecule has 1 heterocycles. The molecule has 1 amide bonds. The van der Waals surface area contributed by atoms with Gasteiger partial charge >= 0.3 is 0 Å². The molecule has 0 bridgehead atoms. The van der Waals surface area contributed by atoms with Crippen LogP contribution in [0.25, 0.3) is 0 Å². The quantitative estimate of drug-likeness (QED) is 0.797. The molecule has 0 aliphatic heterocycles. The molecule has 6 heteroatoms. The zero-order valence-electron chi connectivity index (χ0n) is 11.4. The van der Waals surface area contributed by atoms with Crippen LogP contribution in [0.1, 0.15) is 10.4 Å². The summed E-state index contributed by atoms with van der Waals surface area (Å²) in [5.41, 5.74) is 0.350. The van der Waals surface area contributed by atoms with Crippen molar-refractivity contribution in [2.45, 2.75) is 0 Å². The highest BCUT2D eigenvalue weighted by atomic mass is 35.5. The number of hydrogen-bond acceptors (Lipinski definition) is 3. The lowest BCUT2D eigenvalue weighted by molar-refractivity contribution is 0.0773. The molecule has 0 saturated heterocycles. The Balaban J connectivity index is 1.87. The Morgan fingerprint density at radius 2 is 2.05 bits per heavy atom. The second-order valence-corrected chi connectivity index (χ2v) is 4.73. The van der Waals surface area contributed by atoms with Crippen molar-refractivity contribution in [1.29, 1.82) is 0 Å². The Kier molecular flexibility index (Phi) is 5.11. The third-order valence-electron chi connectivity index (χ3n) is 2.85. The number of aromatic nitrogens is 1. The van der Waals surface area contributed by atoms with E-state index in [9.17, 15) is 9.18 Å². The molecule has 2 aromatic rings. The number of carbonyl (C=O) groups is 1. The van der Waals surface area contributed by atoms with Crippen molar-refractivity contribution < 1.29 is 13.9 Å². The summed E-state index contributed by atoms with van der Waals surface area (Å²) in [6.07, 6.45) is 1.52. The minimum Gasteiger partial charge on any atom is -0.492 e. The third-order valence-corrected chi connectivity index (χ3v) is 3.15. The number of rotatable bonds is 5. The van der Waals surface area contributed by atoms with Crippen molar-refractivity contribution >= 4 is 17.5 Å². The fraction of sp³-hybridized carbons (Fsp3) is 0.200. The highest BCUT2D eigenvalue weighted by molar-refractivity contribution is 6.32. The van der Waals surface area contributed by atoms with Crippen LogP contribution in [0.4, 0.5) is 4.39 Å². The van der Waals surface area contributed by atoms with E-state index in [1.165, 1.54) is 35.4 Å². The number of hydrogen-bond donors (Lipinski definition) is 0. The van der Waals surface area contributed by atoms with Crippen LogP contribution in [0.5, 0.6) is 5.75 Å². The van der Waals surface area contributed by atoms with Crippen LogP contribution in [0, 0.1) is 5.82 Å². The largest absolute Gasteiger partial charge is 0.492 e. The van der Waals surface area contributed by atoms with E-state index < -0.39 is 0 Å². The number of amides is 1. The molecular weight excluding hydrogens is 295 g/mol. The molecule has 0 radical (unpaired) electrons. The molecule has 0 N–H and O–H groups in total. The van der Waals surface area contributed by atoms with E-state index in [0.29, 0.717) is 24.5 Å². The summed E-state index contributed by atoms with van der Waals surface area (Å²) >= 11 is 5.88. The Labute approximate surface area is 127 Å². The third kappa shape index (κ3) is 4.16. The summed E-state index contributed by atoms with van der Waals surface area (Å²) < 4.78 is 18.2. The van der Waals surface area contributed by atoms with Gasteiger partial charge in [0.2, 0.25) is 0 Å². The highest BCUT2D eigenvalue weighted by Gasteiger charge is 2.15. The van der Waals surface area contributed by atoms with Crippen LogP contribution in [-0.4, -0.2) is 36.0 Å². The Hall–Kier alpha value is -2.14. The van der Waals surface area contributed by atoms with Crippen molar-refractivity contribution in [2.75, 3.05) is 20.2 Å².